The maximum Gasteiger partial charge on any atom is 0.0159 e. The minimum absolute atomic E-state index is 0.427. The molecular formula is C13H25N. The zero-order valence-electron chi connectivity index (χ0n) is 10.3. The van der Waals surface area contributed by atoms with Gasteiger partial charge in [-0.05, 0) is 52.5 Å². The van der Waals surface area contributed by atoms with Gasteiger partial charge >= 0.3 is 0 Å². The Morgan fingerprint density at radius 3 is 2.07 bits per heavy atom. The largest absolute Gasteiger partial charge is 0.298 e. The summed E-state index contributed by atoms with van der Waals surface area (Å²) in [5.74, 6) is 0. The van der Waals surface area contributed by atoms with Crippen molar-refractivity contribution in [1.82, 2.24) is 4.90 Å². The van der Waals surface area contributed by atoms with Gasteiger partial charge in [0.1, 0.15) is 0 Å². The van der Waals surface area contributed by atoms with E-state index in [-0.39, 0.29) is 0 Å². The van der Waals surface area contributed by atoms with Crippen LogP contribution in [0.2, 0.25) is 0 Å². The van der Waals surface area contributed by atoms with Crippen molar-refractivity contribution in [2.45, 2.75) is 70.9 Å². The van der Waals surface area contributed by atoms with E-state index in [1.165, 1.54) is 38.5 Å². The van der Waals surface area contributed by atoms with Crippen LogP contribution in [0.4, 0.5) is 0 Å². The van der Waals surface area contributed by atoms with E-state index >= 15 is 0 Å². The monoisotopic (exact) mass is 195 g/mol. The molecule has 1 nitrogen and oxygen atoms in total. The molecule has 0 aromatic heterocycles. The second-order valence-electron chi connectivity index (χ2n) is 6.20. The number of likely N-dealkylation sites (tertiary alicyclic amines) is 1. The van der Waals surface area contributed by atoms with Crippen LogP contribution in [0.15, 0.2) is 0 Å². The molecule has 1 aliphatic heterocycles. The van der Waals surface area contributed by atoms with Gasteiger partial charge in [0.2, 0.25) is 0 Å². The van der Waals surface area contributed by atoms with Crippen molar-refractivity contribution >= 4 is 0 Å². The Morgan fingerprint density at radius 2 is 1.64 bits per heavy atom. The lowest BCUT2D eigenvalue weighted by Gasteiger charge is -2.38. The van der Waals surface area contributed by atoms with E-state index in [1.54, 1.807) is 0 Å². The smallest absolute Gasteiger partial charge is 0.0159 e. The molecule has 1 saturated carbocycles. The highest BCUT2D eigenvalue weighted by molar-refractivity contribution is 5.05. The molecule has 1 heteroatoms. The van der Waals surface area contributed by atoms with E-state index < -0.39 is 0 Å². The van der Waals surface area contributed by atoms with Gasteiger partial charge in [0.05, 0.1) is 0 Å². The molecule has 14 heavy (non-hydrogen) atoms. The normalized spacial score (nSPS) is 36.4. The van der Waals surface area contributed by atoms with Crippen LogP contribution in [-0.4, -0.2) is 23.5 Å². The van der Waals surface area contributed by atoms with Gasteiger partial charge in [-0.15, -0.1) is 0 Å². The van der Waals surface area contributed by atoms with Crippen molar-refractivity contribution in [3.8, 4) is 0 Å². The third-order valence-corrected chi connectivity index (χ3v) is 5.06. The number of hydrogen-bond acceptors (Lipinski definition) is 1. The molecule has 0 bridgehead atoms. The highest BCUT2D eigenvalue weighted by Gasteiger charge is 2.51. The van der Waals surface area contributed by atoms with Gasteiger partial charge in [0, 0.05) is 11.6 Å². The van der Waals surface area contributed by atoms with E-state index in [0.29, 0.717) is 11.0 Å². The first-order chi connectivity index (χ1) is 6.48. The molecule has 1 aliphatic carbocycles. The molecule has 2 rings (SSSR count). The summed E-state index contributed by atoms with van der Waals surface area (Å²) in [6, 6.07) is 0.790. The zero-order chi connectivity index (χ0) is 10.4. The fourth-order valence-corrected chi connectivity index (χ4v) is 3.92. The van der Waals surface area contributed by atoms with E-state index in [4.69, 9.17) is 0 Å². The SMILES string of the molecule is C[C@@H]1N(C)C(C)(C)CC12CCCCC2. The third-order valence-electron chi connectivity index (χ3n) is 5.06. The summed E-state index contributed by atoms with van der Waals surface area (Å²) < 4.78 is 0. The molecule has 0 unspecified atom stereocenters. The van der Waals surface area contributed by atoms with E-state index in [2.05, 4.69) is 32.7 Å². The summed E-state index contributed by atoms with van der Waals surface area (Å²) in [6.07, 6.45) is 8.77. The van der Waals surface area contributed by atoms with Crippen LogP contribution in [-0.2, 0) is 0 Å². The van der Waals surface area contributed by atoms with Crippen LogP contribution in [0.3, 0.4) is 0 Å². The lowest BCUT2D eigenvalue weighted by Crippen LogP contribution is -2.40. The topological polar surface area (TPSA) is 3.24 Å². The fourth-order valence-electron chi connectivity index (χ4n) is 3.92. The van der Waals surface area contributed by atoms with Crippen molar-refractivity contribution in [2.24, 2.45) is 5.41 Å². The minimum Gasteiger partial charge on any atom is -0.298 e. The molecule has 0 aromatic carbocycles. The molecule has 82 valence electrons. The van der Waals surface area contributed by atoms with Crippen molar-refractivity contribution in [2.75, 3.05) is 7.05 Å². The Bertz CT molecular complexity index is 213. The minimum atomic E-state index is 0.427. The molecule has 1 spiro atoms. The van der Waals surface area contributed by atoms with Gasteiger partial charge in [0.25, 0.3) is 0 Å². The summed E-state index contributed by atoms with van der Waals surface area (Å²) in [5.41, 5.74) is 1.09. The maximum atomic E-state index is 2.61. The highest BCUT2D eigenvalue weighted by Crippen LogP contribution is 2.53. The van der Waals surface area contributed by atoms with Crippen LogP contribution in [0.25, 0.3) is 0 Å². The lowest BCUT2D eigenvalue weighted by molar-refractivity contribution is 0.122. The summed E-state index contributed by atoms with van der Waals surface area (Å²) in [4.78, 5) is 2.61. The first kappa shape index (κ1) is 10.5. The Morgan fingerprint density at radius 1 is 1.07 bits per heavy atom. The first-order valence-electron chi connectivity index (χ1n) is 6.21. The fraction of sp³-hybridized carbons (Fsp3) is 1.00. The number of nitrogens with zero attached hydrogens (tertiary/aromatic N) is 1. The van der Waals surface area contributed by atoms with Crippen molar-refractivity contribution in [3.05, 3.63) is 0 Å². The predicted molar refractivity (Wildman–Crippen MR) is 61.4 cm³/mol. The van der Waals surface area contributed by atoms with Crippen LogP contribution in [0, 0.1) is 5.41 Å². The molecule has 0 N–H and O–H groups in total. The molecule has 1 heterocycles. The van der Waals surface area contributed by atoms with Gasteiger partial charge in [-0.2, -0.15) is 0 Å². The maximum absolute atomic E-state index is 2.61. The van der Waals surface area contributed by atoms with Crippen LogP contribution >= 0.6 is 0 Å². The molecule has 0 aromatic rings. The highest BCUT2D eigenvalue weighted by atomic mass is 15.2. The summed E-state index contributed by atoms with van der Waals surface area (Å²) >= 11 is 0. The van der Waals surface area contributed by atoms with Gasteiger partial charge in [0.15, 0.2) is 0 Å². The first-order valence-corrected chi connectivity index (χ1v) is 6.21. The lowest BCUT2D eigenvalue weighted by atomic mass is 9.68. The molecule has 2 aliphatic rings. The molecule has 0 amide bonds. The van der Waals surface area contributed by atoms with E-state index in [9.17, 15) is 0 Å². The standard InChI is InChI=1S/C13H25N/c1-11-13(8-6-5-7-9-13)10-12(2,3)14(11)4/h11H,5-10H2,1-4H3/t11-/m0/s1. The van der Waals surface area contributed by atoms with Gasteiger partial charge < -0.3 is 0 Å². The Balaban J connectivity index is 2.21. The van der Waals surface area contributed by atoms with Crippen molar-refractivity contribution in [1.29, 1.82) is 0 Å². The van der Waals surface area contributed by atoms with E-state index in [1.807, 2.05) is 0 Å². The van der Waals surface area contributed by atoms with Crippen molar-refractivity contribution in [3.63, 3.8) is 0 Å². The molecule has 1 atom stereocenters. The van der Waals surface area contributed by atoms with Crippen LogP contribution in [0.1, 0.15) is 59.3 Å². The molecular weight excluding hydrogens is 170 g/mol. The third kappa shape index (κ3) is 1.41. The Hall–Kier alpha value is -0.0400. The van der Waals surface area contributed by atoms with Crippen LogP contribution < -0.4 is 0 Å². The van der Waals surface area contributed by atoms with Gasteiger partial charge in [-0.25, -0.2) is 0 Å². The number of rotatable bonds is 0. The predicted octanol–water partition coefficient (Wildman–Crippen LogP) is 3.44. The summed E-state index contributed by atoms with van der Waals surface area (Å²) in [7, 11) is 2.31. The van der Waals surface area contributed by atoms with Gasteiger partial charge in [-0.3, -0.25) is 4.90 Å². The molecule has 2 fully saturated rings. The second kappa shape index (κ2) is 3.23. The van der Waals surface area contributed by atoms with Crippen molar-refractivity contribution < 1.29 is 0 Å². The summed E-state index contributed by atoms with van der Waals surface area (Å²) in [6.45, 7) is 7.26. The summed E-state index contributed by atoms with van der Waals surface area (Å²) in [5, 5.41) is 0. The van der Waals surface area contributed by atoms with Gasteiger partial charge in [-0.1, -0.05) is 19.3 Å². The second-order valence-corrected chi connectivity index (χ2v) is 6.20. The molecule has 1 saturated heterocycles. The average molecular weight is 195 g/mol. The Labute approximate surface area is 88.9 Å². The number of hydrogen-bond donors (Lipinski definition) is 0. The van der Waals surface area contributed by atoms with E-state index in [0.717, 1.165) is 6.04 Å². The Kier molecular flexibility index (Phi) is 2.42. The quantitative estimate of drug-likeness (QED) is 0.572. The van der Waals surface area contributed by atoms with Crippen LogP contribution in [0.5, 0.6) is 0 Å². The zero-order valence-corrected chi connectivity index (χ0v) is 10.3. The average Bonchev–Trinajstić information content (AvgIpc) is 2.29. The molecule has 0 radical (unpaired) electrons.